The van der Waals surface area contributed by atoms with Gasteiger partial charge in [-0.3, -0.25) is 28.8 Å². The molecule has 6 unspecified atom stereocenters. The van der Waals surface area contributed by atoms with E-state index in [1.54, 1.807) is 55.5 Å². The number of hydrogen-bond acceptors (Lipinski definition) is 9. The summed E-state index contributed by atoms with van der Waals surface area (Å²) in [6.07, 6.45) is 1.53. The molecule has 64 heavy (non-hydrogen) atoms. The molecule has 14 nitrogen and oxygen atoms in total. The van der Waals surface area contributed by atoms with Gasteiger partial charge < -0.3 is 36.2 Å². The average Bonchev–Trinajstić information content (AvgIpc) is 3.24. The molecule has 0 aliphatic rings. The second-order valence-corrected chi connectivity index (χ2v) is 18.2. The number of esters is 1. The molecule has 2 rings (SSSR count). The summed E-state index contributed by atoms with van der Waals surface area (Å²) in [6.45, 7) is 21.8. The number of allylic oxidation sites excluding steroid dienone is 2. The Morgan fingerprint density at radius 2 is 1.19 bits per heavy atom. The van der Waals surface area contributed by atoms with Crippen LogP contribution in [0, 0.1) is 29.6 Å². The van der Waals surface area contributed by atoms with Crippen molar-refractivity contribution >= 4 is 41.3 Å². The molecule has 0 saturated carbocycles. The normalized spacial score (nSPS) is 14.6. The number of hydrogen-bond donors (Lipinski definition) is 5. The van der Waals surface area contributed by atoms with Gasteiger partial charge in [0, 0.05) is 37.3 Å². The molecule has 5 N–H and O–H groups in total. The van der Waals surface area contributed by atoms with Gasteiger partial charge in [-0.25, -0.2) is 4.79 Å². The van der Waals surface area contributed by atoms with Crippen LogP contribution in [0.5, 0.6) is 0 Å². The third kappa shape index (κ3) is 17.7. The number of carbonyl (C=O) groups is 7. The Kier molecular flexibility index (Phi) is 23.2. The topological polar surface area (TPSA) is 192 Å². The zero-order valence-corrected chi connectivity index (χ0v) is 40.5. The van der Waals surface area contributed by atoms with Crippen LogP contribution < -0.4 is 26.6 Å². The number of nitrogens with one attached hydrogen (secondary N) is 5. The van der Waals surface area contributed by atoms with Gasteiger partial charge in [-0.15, -0.1) is 0 Å². The third-order valence-electron chi connectivity index (χ3n) is 11.1. The van der Waals surface area contributed by atoms with E-state index in [9.17, 15) is 33.6 Å². The molecule has 2 aromatic carbocycles. The molecular weight excluding hydrogens is 813 g/mol. The van der Waals surface area contributed by atoms with E-state index in [2.05, 4.69) is 26.6 Å². The van der Waals surface area contributed by atoms with Crippen LogP contribution in [0.3, 0.4) is 0 Å². The first-order valence-electron chi connectivity index (χ1n) is 22.8. The van der Waals surface area contributed by atoms with E-state index in [-0.39, 0.29) is 48.1 Å². The molecule has 2 aromatic rings. The SMILES string of the molecule is CC=C(NC(=O)C(NC(=O)C(CCCNC(C)C)NC(=O)C(C)C)C(C)OC(=O)C(NC(=O)C(Cc1ccccc1)N(C)C(=O)C(Cc1ccccc1)C(C)C)C(C)C)C(=O)C(C)C. The van der Waals surface area contributed by atoms with E-state index in [1.807, 2.05) is 88.4 Å². The molecular formula is C50H76N6O8. The minimum atomic E-state index is -1.53. The van der Waals surface area contributed by atoms with Crippen LogP contribution in [0.2, 0.25) is 0 Å². The second-order valence-electron chi connectivity index (χ2n) is 18.2. The summed E-state index contributed by atoms with van der Waals surface area (Å²) < 4.78 is 5.94. The first-order chi connectivity index (χ1) is 30.1. The minimum absolute atomic E-state index is 0.00103. The zero-order valence-electron chi connectivity index (χ0n) is 40.5. The summed E-state index contributed by atoms with van der Waals surface area (Å²) in [6, 6.07) is 14.4. The number of carbonyl (C=O) groups excluding carboxylic acids is 7. The predicted molar refractivity (Wildman–Crippen MR) is 250 cm³/mol. The van der Waals surface area contributed by atoms with Gasteiger partial charge in [-0.05, 0) is 62.6 Å². The molecule has 0 aliphatic heterocycles. The lowest BCUT2D eigenvalue weighted by Gasteiger charge is -2.34. The molecule has 14 heteroatoms. The highest BCUT2D eigenvalue weighted by atomic mass is 16.5. The lowest BCUT2D eigenvalue weighted by molar-refractivity contribution is -0.157. The molecule has 0 aliphatic carbocycles. The third-order valence-corrected chi connectivity index (χ3v) is 11.1. The number of Topliss-reactive ketones (excluding diaryl/α,β-unsaturated/α-hetero) is 1. The van der Waals surface area contributed by atoms with Crippen molar-refractivity contribution in [3.8, 4) is 0 Å². The van der Waals surface area contributed by atoms with Crippen LogP contribution >= 0.6 is 0 Å². The van der Waals surface area contributed by atoms with Gasteiger partial charge in [0.2, 0.25) is 23.6 Å². The average molecular weight is 889 g/mol. The van der Waals surface area contributed by atoms with Crippen molar-refractivity contribution in [2.45, 2.75) is 145 Å². The Hall–Kier alpha value is -5.37. The summed E-state index contributed by atoms with van der Waals surface area (Å²) in [4.78, 5) is 98.4. The highest BCUT2D eigenvalue weighted by molar-refractivity contribution is 6.02. The highest BCUT2D eigenvalue weighted by Gasteiger charge is 2.39. The van der Waals surface area contributed by atoms with E-state index in [1.165, 1.54) is 17.9 Å². The fourth-order valence-corrected chi connectivity index (χ4v) is 6.96. The van der Waals surface area contributed by atoms with E-state index in [0.717, 1.165) is 11.1 Å². The maximum atomic E-state index is 14.5. The largest absolute Gasteiger partial charge is 0.458 e. The fraction of sp³-hybridized carbons (Fsp3) is 0.580. The van der Waals surface area contributed by atoms with Gasteiger partial charge in [0.1, 0.15) is 30.3 Å². The monoisotopic (exact) mass is 889 g/mol. The lowest BCUT2D eigenvalue weighted by atomic mass is 9.87. The Morgan fingerprint density at radius 3 is 1.67 bits per heavy atom. The maximum Gasteiger partial charge on any atom is 0.329 e. The summed E-state index contributed by atoms with van der Waals surface area (Å²) in [5.74, 6) is -5.77. The lowest BCUT2D eigenvalue weighted by Crippen LogP contribution is -2.59. The summed E-state index contributed by atoms with van der Waals surface area (Å²) >= 11 is 0. The van der Waals surface area contributed by atoms with Crippen molar-refractivity contribution in [2.75, 3.05) is 13.6 Å². The quantitative estimate of drug-likeness (QED) is 0.0475. The van der Waals surface area contributed by atoms with Crippen LogP contribution in [-0.4, -0.2) is 96.1 Å². The number of rotatable bonds is 26. The van der Waals surface area contributed by atoms with Crippen LogP contribution in [0.25, 0.3) is 0 Å². The van der Waals surface area contributed by atoms with Gasteiger partial charge in [0.05, 0.1) is 5.70 Å². The molecule has 0 saturated heterocycles. The minimum Gasteiger partial charge on any atom is -0.458 e. The van der Waals surface area contributed by atoms with E-state index >= 15 is 0 Å². The predicted octanol–water partition coefficient (Wildman–Crippen LogP) is 5.29. The van der Waals surface area contributed by atoms with Crippen LogP contribution in [0.1, 0.15) is 107 Å². The Morgan fingerprint density at radius 1 is 0.641 bits per heavy atom. The summed E-state index contributed by atoms with van der Waals surface area (Å²) in [7, 11) is 1.60. The first kappa shape index (κ1) is 54.8. The van der Waals surface area contributed by atoms with Crippen molar-refractivity contribution in [2.24, 2.45) is 29.6 Å². The van der Waals surface area contributed by atoms with E-state index in [4.69, 9.17) is 4.74 Å². The van der Waals surface area contributed by atoms with E-state index in [0.29, 0.717) is 19.4 Å². The zero-order chi connectivity index (χ0) is 48.3. The molecule has 5 amide bonds. The summed E-state index contributed by atoms with van der Waals surface area (Å²) in [5, 5.41) is 14.2. The fourth-order valence-electron chi connectivity index (χ4n) is 6.96. The Labute approximate surface area is 381 Å². The van der Waals surface area contributed by atoms with Gasteiger partial charge in [0.25, 0.3) is 5.91 Å². The Bertz CT molecular complexity index is 1860. The van der Waals surface area contributed by atoms with Crippen molar-refractivity contribution in [1.82, 2.24) is 31.5 Å². The number of ketones is 1. The van der Waals surface area contributed by atoms with Crippen molar-refractivity contribution < 1.29 is 38.3 Å². The van der Waals surface area contributed by atoms with Gasteiger partial charge in [0.15, 0.2) is 5.78 Å². The van der Waals surface area contributed by atoms with Gasteiger partial charge in [-0.1, -0.05) is 136 Å². The Balaban J connectivity index is 2.49. The molecule has 0 fully saturated rings. The highest BCUT2D eigenvalue weighted by Crippen LogP contribution is 2.22. The molecule has 0 radical (unpaired) electrons. The molecule has 354 valence electrons. The van der Waals surface area contributed by atoms with Gasteiger partial charge in [-0.2, -0.15) is 0 Å². The van der Waals surface area contributed by atoms with Crippen molar-refractivity contribution in [3.05, 3.63) is 83.6 Å². The van der Waals surface area contributed by atoms with Crippen molar-refractivity contribution in [3.63, 3.8) is 0 Å². The smallest absolute Gasteiger partial charge is 0.329 e. The molecule has 0 aromatic heterocycles. The number of benzene rings is 2. The van der Waals surface area contributed by atoms with Crippen LogP contribution in [0.4, 0.5) is 0 Å². The van der Waals surface area contributed by atoms with Crippen LogP contribution in [0.15, 0.2) is 72.4 Å². The molecule has 0 spiro atoms. The second kappa shape index (κ2) is 27.1. The van der Waals surface area contributed by atoms with Gasteiger partial charge >= 0.3 is 5.97 Å². The first-order valence-corrected chi connectivity index (χ1v) is 22.8. The standard InChI is InChI=1S/C50H76N6O8/c1-14-39(44(57)32(6)7)52-48(61)43(55-46(59)40(53-45(58)33(8)9)26-21-27-51-34(10)11)35(12)64-50(63)42(31(4)5)54-47(60)41(29-37-24-19-16-20-25-37)56(13)49(62)38(30(2)3)28-36-22-17-15-18-23-36/h14-20,22-25,30-35,38,40-43,51H,21,26-29H2,1-13H3,(H,52,61)(H,53,58)(H,54,60)(H,55,59). The molecule has 0 bridgehead atoms. The number of amides is 5. The molecule has 0 heterocycles. The van der Waals surface area contributed by atoms with E-state index < -0.39 is 77.6 Å². The van der Waals surface area contributed by atoms with Crippen molar-refractivity contribution in [1.29, 1.82) is 0 Å². The molecule has 6 atom stereocenters. The maximum absolute atomic E-state index is 14.5. The number of ether oxygens (including phenoxy) is 1. The van der Waals surface area contributed by atoms with Crippen LogP contribution in [-0.2, 0) is 51.1 Å². The number of nitrogens with zero attached hydrogens (tertiary/aromatic N) is 1. The number of likely N-dealkylation sites (N-methyl/N-ethyl adjacent to an activating group) is 1. The summed E-state index contributed by atoms with van der Waals surface area (Å²) in [5.41, 5.74) is 1.81.